The molecule has 0 unspecified atom stereocenters. The number of benzene rings is 1. The molecule has 1 aromatic heterocycles. The summed E-state index contributed by atoms with van der Waals surface area (Å²) >= 11 is 0. The van der Waals surface area contributed by atoms with Crippen molar-refractivity contribution in [2.24, 2.45) is 0 Å². The van der Waals surface area contributed by atoms with Crippen LogP contribution in [0.2, 0.25) is 0 Å². The van der Waals surface area contributed by atoms with Crippen molar-refractivity contribution in [1.29, 1.82) is 0 Å². The minimum absolute atomic E-state index is 0.0466. The van der Waals surface area contributed by atoms with Crippen LogP contribution in [0.25, 0.3) is 0 Å². The van der Waals surface area contributed by atoms with Gasteiger partial charge in [0, 0.05) is 25.3 Å². The highest BCUT2D eigenvalue weighted by atomic mass is 32.2. The van der Waals surface area contributed by atoms with Crippen molar-refractivity contribution >= 4 is 10.0 Å². The smallest absolute Gasteiger partial charge is 0.243 e. The maximum absolute atomic E-state index is 12.7. The Morgan fingerprint density at radius 2 is 1.81 bits per heavy atom. The zero-order valence-electron chi connectivity index (χ0n) is 15.3. The first-order valence-corrected chi connectivity index (χ1v) is 10.9. The maximum Gasteiger partial charge on any atom is 0.243 e. The van der Waals surface area contributed by atoms with Crippen LogP contribution in [0.3, 0.4) is 0 Å². The first kappa shape index (κ1) is 19.1. The van der Waals surface area contributed by atoms with Gasteiger partial charge in [0.25, 0.3) is 0 Å². The molecule has 1 N–H and O–H groups in total. The Labute approximate surface area is 156 Å². The van der Waals surface area contributed by atoms with Crippen LogP contribution in [0.5, 0.6) is 0 Å². The fraction of sp³-hybridized carbons (Fsp3) is 0.526. The van der Waals surface area contributed by atoms with Crippen molar-refractivity contribution in [2.45, 2.75) is 50.1 Å². The second kappa shape index (κ2) is 8.79. The van der Waals surface area contributed by atoms with Crippen LogP contribution in [-0.2, 0) is 16.6 Å². The van der Waals surface area contributed by atoms with Gasteiger partial charge in [-0.05, 0) is 38.4 Å². The van der Waals surface area contributed by atoms with E-state index in [1.54, 1.807) is 10.9 Å². The summed E-state index contributed by atoms with van der Waals surface area (Å²) in [6.07, 6.45) is 7.82. The summed E-state index contributed by atoms with van der Waals surface area (Å²) in [4.78, 5) is 2.64. The summed E-state index contributed by atoms with van der Waals surface area (Å²) in [5.41, 5.74) is 1.15. The highest BCUT2D eigenvalue weighted by molar-refractivity contribution is 7.89. The molecule has 7 heteroatoms. The van der Waals surface area contributed by atoms with Crippen LogP contribution < -0.4 is 4.72 Å². The lowest BCUT2D eigenvalue weighted by Gasteiger charge is -2.31. The van der Waals surface area contributed by atoms with Gasteiger partial charge < -0.3 is 0 Å². The van der Waals surface area contributed by atoms with Gasteiger partial charge in [-0.2, -0.15) is 5.10 Å². The van der Waals surface area contributed by atoms with Crippen LogP contribution in [0.1, 0.15) is 44.2 Å². The first-order valence-electron chi connectivity index (χ1n) is 9.41. The number of aryl methyl sites for hydroxylation is 1. The average Bonchev–Trinajstić information content (AvgIpc) is 3.00. The van der Waals surface area contributed by atoms with Crippen molar-refractivity contribution in [3.63, 3.8) is 0 Å². The molecular formula is C19H28N4O2S. The molecule has 1 saturated heterocycles. The van der Waals surface area contributed by atoms with E-state index in [9.17, 15) is 8.42 Å². The van der Waals surface area contributed by atoms with E-state index >= 15 is 0 Å². The molecule has 26 heavy (non-hydrogen) atoms. The zero-order valence-corrected chi connectivity index (χ0v) is 16.2. The highest BCUT2D eigenvalue weighted by Gasteiger charge is 2.24. The van der Waals surface area contributed by atoms with E-state index in [1.165, 1.54) is 31.9 Å². The summed E-state index contributed by atoms with van der Waals surface area (Å²) in [6.45, 7) is 4.96. The van der Waals surface area contributed by atoms with Crippen LogP contribution >= 0.6 is 0 Å². The summed E-state index contributed by atoms with van der Waals surface area (Å²) in [7, 11) is -3.56. The Bertz CT molecular complexity index is 781. The van der Waals surface area contributed by atoms with Crippen molar-refractivity contribution in [3.8, 4) is 0 Å². The van der Waals surface area contributed by atoms with E-state index in [2.05, 4.69) is 26.9 Å². The molecule has 6 nitrogen and oxygen atoms in total. The maximum atomic E-state index is 12.7. The Morgan fingerprint density at radius 3 is 2.42 bits per heavy atom. The summed E-state index contributed by atoms with van der Waals surface area (Å²) in [5.74, 6) is 0. The van der Waals surface area contributed by atoms with Crippen molar-refractivity contribution in [3.05, 3.63) is 48.3 Å². The van der Waals surface area contributed by atoms with Gasteiger partial charge in [0.15, 0.2) is 0 Å². The van der Waals surface area contributed by atoms with Gasteiger partial charge >= 0.3 is 0 Å². The molecule has 0 radical (unpaired) electrons. The lowest BCUT2D eigenvalue weighted by molar-refractivity contribution is 0.206. The second-order valence-electron chi connectivity index (χ2n) is 6.76. The molecule has 0 saturated carbocycles. The highest BCUT2D eigenvalue weighted by Crippen LogP contribution is 2.24. The standard InChI is InChI=1S/C19H28N4O2S/c1-2-23-16-18(14-20-23)26(24,25)21-15-19(17-10-6-5-7-11-17)22-12-8-3-4-9-13-22/h5-7,10-11,14,16,19,21H,2-4,8-9,12-13,15H2,1H3/t19-/m0/s1. The van der Waals surface area contributed by atoms with Gasteiger partial charge in [0.1, 0.15) is 4.90 Å². The molecule has 0 spiro atoms. The molecule has 1 aliphatic rings. The number of rotatable bonds is 7. The fourth-order valence-corrected chi connectivity index (χ4v) is 4.46. The number of aromatic nitrogens is 2. The molecule has 0 bridgehead atoms. The molecule has 3 rings (SSSR count). The Balaban J connectivity index is 1.77. The minimum Gasteiger partial charge on any atom is -0.295 e. The van der Waals surface area contributed by atoms with E-state index in [0.717, 1.165) is 18.7 Å². The number of nitrogens with zero attached hydrogens (tertiary/aromatic N) is 3. The number of sulfonamides is 1. The third-order valence-corrected chi connectivity index (χ3v) is 6.35. The molecule has 1 aromatic carbocycles. The molecule has 1 atom stereocenters. The predicted octanol–water partition coefficient (Wildman–Crippen LogP) is 2.80. The van der Waals surface area contributed by atoms with Crippen molar-refractivity contribution < 1.29 is 8.42 Å². The largest absolute Gasteiger partial charge is 0.295 e. The van der Waals surface area contributed by atoms with Crippen LogP contribution in [0.15, 0.2) is 47.6 Å². The fourth-order valence-electron chi connectivity index (χ4n) is 3.47. The normalized spacial score (nSPS) is 17.7. The number of nitrogens with one attached hydrogen (secondary N) is 1. The Morgan fingerprint density at radius 1 is 1.12 bits per heavy atom. The molecular weight excluding hydrogens is 348 g/mol. The first-order chi connectivity index (χ1) is 12.6. The van der Waals surface area contributed by atoms with Gasteiger partial charge in [-0.15, -0.1) is 0 Å². The molecule has 142 valence electrons. The van der Waals surface area contributed by atoms with Crippen molar-refractivity contribution in [2.75, 3.05) is 19.6 Å². The molecule has 2 heterocycles. The second-order valence-corrected chi connectivity index (χ2v) is 8.53. The van der Waals surface area contributed by atoms with Crippen LogP contribution in [-0.4, -0.2) is 42.7 Å². The van der Waals surface area contributed by atoms with Gasteiger partial charge in [-0.3, -0.25) is 9.58 Å². The quantitative estimate of drug-likeness (QED) is 0.807. The predicted molar refractivity (Wildman–Crippen MR) is 102 cm³/mol. The molecule has 0 aliphatic carbocycles. The van der Waals surface area contributed by atoms with E-state index in [1.807, 2.05) is 25.1 Å². The van der Waals surface area contributed by atoms with Gasteiger partial charge in [0.05, 0.1) is 6.20 Å². The Hall–Kier alpha value is -1.70. The Kier molecular flexibility index (Phi) is 6.45. The summed E-state index contributed by atoms with van der Waals surface area (Å²) < 4.78 is 29.8. The average molecular weight is 377 g/mol. The summed E-state index contributed by atoms with van der Waals surface area (Å²) in [6, 6.07) is 10.2. The van der Waals surface area contributed by atoms with Crippen LogP contribution in [0, 0.1) is 0 Å². The molecule has 0 amide bonds. The van der Waals surface area contributed by atoms with E-state index < -0.39 is 10.0 Å². The van der Waals surface area contributed by atoms with E-state index in [-0.39, 0.29) is 10.9 Å². The minimum atomic E-state index is -3.56. The van der Waals surface area contributed by atoms with Gasteiger partial charge in [-0.25, -0.2) is 13.1 Å². The van der Waals surface area contributed by atoms with Gasteiger partial charge in [-0.1, -0.05) is 43.2 Å². The number of hydrogen-bond donors (Lipinski definition) is 1. The van der Waals surface area contributed by atoms with Gasteiger partial charge in [0.2, 0.25) is 10.0 Å². The van der Waals surface area contributed by atoms with E-state index in [4.69, 9.17) is 0 Å². The van der Waals surface area contributed by atoms with Crippen molar-refractivity contribution in [1.82, 2.24) is 19.4 Å². The third kappa shape index (κ3) is 4.72. The molecule has 1 fully saturated rings. The lowest BCUT2D eigenvalue weighted by atomic mass is 10.1. The summed E-state index contributed by atoms with van der Waals surface area (Å²) in [5, 5.41) is 4.08. The lowest BCUT2D eigenvalue weighted by Crippen LogP contribution is -2.38. The molecule has 2 aromatic rings. The van der Waals surface area contributed by atoms with E-state index in [0.29, 0.717) is 13.1 Å². The molecule has 1 aliphatic heterocycles. The topological polar surface area (TPSA) is 67.2 Å². The van der Waals surface area contributed by atoms with Crippen LogP contribution in [0.4, 0.5) is 0 Å². The number of hydrogen-bond acceptors (Lipinski definition) is 4. The third-order valence-electron chi connectivity index (χ3n) is 4.98. The SMILES string of the molecule is CCn1cc(S(=O)(=O)NC[C@@H](c2ccccc2)N2CCCCCC2)cn1. The monoisotopic (exact) mass is 376 g/mol. The zero-order chi connectivity index (χ0) is 18.4. The number of likely N-dealkylation sites (tertiary alicyclic amines) is 1.